The van der Waals surface area contributed by atoms with Gasteiger partial charge in [-0.3, -0.25) is 23.5 Å². The molecule has 6 heavy (non-hydrogen) atoms. The van der Waals surface area contributed by atoms with Crippen molar-refractivity contribution >= 4 is 68.9 Å². The van der Waals surface area contributed by atoms with Gasteiger partial charge in [-0.25, -0.2) is 0 Å². The second-order valence-corrected chi connectivity index (χ2v) is 0. The summed E-state index contributed by atoms with van der Waals surface area (Å²) in [7, 11) is 0. The van der Waals surface area contributed by atoms with Crippen LogP contribution < -0.4 is 0 Å². The molecule has 0 spiro atoms. The van der Waals surface area contributed by atoms with Crippen LogP contribution in [-0.4, -0.2) is 68.9 Å². The third-order valence-electron chi connectivity index (χ3n) is 0. The summed E-state index contributed by atoms with van der Waals surface area (Å²) in [5.74, 6) is 0. The van der Waals surface area contributed by atoms with Crippen molar-refractivity contribution in [2.75, 3.05) is 0 Å². The van der Waals surface area contributed by atoms with E-state index in [1.54, 1.807) is 0 Å². The minimum absolute atomic E-state index is 0. The summed E-state index contributed by atoms with van der Waals surface area (Å²) in [6.07, 6.45) is 0. The molecule has 0 aliphatic carbocycles. The van der Waals surface area contributed by atoms with Crippen LogP contribution in [0.4, 0.5) is 23.5 Å². The Morgan fingerprint density at radius 3 is 0.333 bits per heavy atom. The van der Waals surface area contributed by atoms with Gasteiger partial charge in [0.2, 0.25) is 0 Å². The predicted octanol–water partition coefficient (Wildman–Crippen LogP) is 0.114. The van der Waals surface area contributed by atoms with Crippen molar-refractivity contribution in [2.24, 2.45) is 0 Å². The molecule has 6 heteroatoms. The first-order valence-corrected chi connectivity index (χ1v) is 0. The van der Waals surface area contributed by atoms with Gasteiger partial charge in [0.15, 0.2) is 0 Å². The molecule has 0 aliphatic heterocycles. The Labute approximate surface area is 90.3 Å². The Kier molecular flexibility index (Phi) is 1500. The fourth-order valence-corrected chi connectivity index (χ4v) is 0. The summed E-state index contributed by atoms with van der Waals surface area (Å²) >= 11 is 0. The Bertz CT molecular complexity index is 3.90. The number of hydrogen-bond acceptors (Lipinski definition) is 0. The van der Waals surface area contributed by atoms with Gasteiger partial charge in [0.25, 0.3) is 0 Å². The van der Waals surface area contributed by atoms with E-state index >= 15 is 0 Å². The molecule has 0 aliphatic rings. The van der Waals surface area contributed by atoms with Gasteiger partial charge in [-0.15, -0.1) is 0 Å². The third kappa shape index (κ3) is 43.5. The zero-order valence-electron chi connectivity index (χ0n) is 2.04. The van der Waals surface area contributed by atoms with Crippen molar-refractivity contribution < 1.29 is 23.5 Å². The SMILES string of the molecule is F.F.F.F.F.[CsH]. The molecule has 0 bridgehead atoms. The van der Waals surface area contributed by atoms with Crippen molar-refractivity contribution in [3.63, 3.8) is 0 Å². The Morgan fingerprint density at radius 1 is 0.333 bits per heavy atom. The van der Waals surface area contributed by atoms with E-state index in [2.05, 4.69) is 0 Å². The molecule has 42 valence electrons. The van der Waals surface area contributed by atoms with Gasteiger partial charge in [0.1, 0.15) is 0 Å². The van der Waals surface area contributed by atoms with Crippen molar-refractivity contribution in [1.29, 1.82) is 0 Å². The molecule has 0 saturated heterocycles. The zero-order valence-corrected chi connectivity index (χ0v) is 2.04. The van der Waals surface area contributed by atoms with Gasteiger partial charge < -0.3 is 0 Å². The van der Waals surface area contributed by atoms with Gasteiger partial charge in [-0.2, -0.15) is 0 Å². The second-order valence-electron chi connectivity index (χ2n) is 0. The third-order valence-corrected chi connectivity index (χ3v) is 0. The van der Waals surface area contributed by atoms with Gasteiger partial charge in [0, 0.05) is 0 Å². The quantitative estimate of drug-likeness (QED) is 0.522. The summed E-state index contributed by atoms with van der Waals surface area (Å²) in [6, 6.07) is 0. The van der Waals surface area contributed by atoms with Crippen LogP contribution in [0.2, 0.25) is 0 Å². The Hall–Kier alpha value is 1.70. The molecule has 0 unspecified atom stereocenters. The Morgan fingerprint density at radius 2 is 0.333 bits per heavy atom. The first kappa shape index (κ1) is 119. The fraction of sp³-hybridized carbons (Fsp3) is 0. The summed E-state index contributed by atoms with van der Waals surface area (Å²) in [4.78, 5) is 0. The van der Waals surface area contributed by atoms with Crippen LogP contribution in [0, 0.1) is 0 Å². The zero-order chi connectivity index (χ0) is 0. The maximum atomic E-state index is 0. The first-order chi connectivity index (χ1) is 0. The fourth-order valence-electron chi connectivity index (χ4n) is 0. The Balaban J connectivity index is 0. The van der Waals surface area contributed by atoms with E-state index in [9.17, 15) is 0 Å². The number of hydrogen-bond donors (Lipinski definition) is 0. The van der Waals surface area contributed by atoms with Crippen molar-refractivity contribution in [2.45, 2.75) is 0 Å². The van der Waals surface area contributed by atoms with Crippen LogP contribution >= 0.6 is 0 Å². The van der Waals surface area contributed by atoms with E-state index in [-0.39, 0.29) is 92.4 Å². The van der Waals surface area contributed by atoms with Gasteiger partial charge in [-0.1, -0.05) is 0 Å². The predicted molar refractivity (Wildman–Crippen MR) is 19.7 cm³/mol. The average molecular weight is 234 g/mol. The van der Waals surface area contributed by atoms with E-state index in [1.807, 2.05) is 0 Å². The molecule has 0 fully saturated rings. The molecule has 0 heterocycles. The molecule has 0 N–H and O–H groups in total. The van der Waals surface area contributed by atoms with Crippen LogP contribution in [0.5, 0.6) is 0 Å². The van der Waals surface area contributed by atoms with Crippen LogP contribution in [0.15, 0.2) is 0 Å². The topological polar surface area (TPSA) is 0 Å². The van der Waals surface area contributed by atoms with E-state index in [1.165, 1.54) is 0 Å². The standard InChI is InChI=1S/Cs.5FH.H/h;5*1H;. The molecule has 0 rings (SSSR count). The van der Waals surface area contributed by atoms with Gasteiger partial charge in [0.05, 0.1) is 0 Å². The van der Waals surface area contributed by atoms with E-state index in [0.29, 0.717) is 0 Å². The summed E-state index contributed by atoms with van der Waals surface area (Å²) in [6.45, 7) is 0. The van der Waals surface area contributed by atoms with E-state index in [4.69, 9.17) is 0 Å². The summed E-state index contributed by atoms with van der Waals surface area (Å²) in [5.41, 5.74) is 0. The van der Waals surface area contributed by atoms with Gasteiger partial charge in [-0.05, 0) is 0 Å². The van der Waals surface area contributed by atoms with Gasteiger partial charge >= 0.3 is 68.9 Å². The number of halogens is 5. The molecule has 0 aromatic heterocycles. The molecule has 0 saturated carbocycles. The molecular weight excluding hydrogens is 228 g/mol. The first-order valence-electron chi connectivity index (χ1n) is 0. The maximum absolute atomic E-state index is 0. The molecule has 0 aromatic carbocycles. The summed E-state index contributed by atoms with van der Waals surface area (Å²) < 4.78 is 0. The molecular formula is H6CsF5. The van der Waals surface area contributed by atoms with E-state index in [0.717, 1.165) is 0 Å². The molecule has 0 nitrogen and oxygen atoms in total. The minimum atomic E-state index is 0. The van der Waals surface area contributed by atoms with Crippen LogP contribution in [0.3, 0.4) is 0 Å². The van der Waals surface area contributed by atoms with E-state index < -0.39 is 0 Å². The van der Waals surface area contributed by atoms with Crippen molar-refractivity contribution in [3.8, 4) is 0 Å². The summed E-state index contributed by atoms with van der Waals surface area (Å²) in [5, 5.41) is 0. The molecule has 0 radical (unpaired) electrons. The molecule has 0 amide bonds. The monoisotopic (exact) mass is 234 g/mol. The normalized spacial score (nSPS) is 0. The number of rotatable bonds is 0. The average Bonchev–Trinajstić information content (AvgIpc) is 0. The second kappa shape index (κ2) is 75.2. The van der Waals surface area contributed by atoms with Crippen molar-refractivity contribution in [1.82, 2.24) is 0 Å². The van der Waals surface area contributed by atoms with Crippen LogP contribution in [0.25, 0.3) is 0 Å². The molecule has 0 atom stereocenters. The van der Waals surface area contributed by atoms with Crippen LogP contribution in [-0.2, 0) is 0 Å². The van der Waals surface area contributed by atoms with Crippen LogP contribution in [0.1, 0.15) is 0 Å². The molecule has 0 aromatic rings. The van der Waals surface area contributed by atoms with Crippen molar-refractivity contribution in [3.05, 3.63) is 0 Å².